The first kappa shape index (κ1) is 8.76. The van der Waals surface area contributed by atoms with Crippen molar-refractivity contribution in [2.24, 2.45) is 0 Å². The molecule has 13 heavy (non-hydrogen) atoms. The molecule has 1 aromatic carbocycles. The van der Waals surface area contributed by atoms with Crippen LogP contribution >= 0.6 is 0 Å². The molecule has 0 spiro atoms. The minimum absolute atomic E-state index is 0.612. The maximum Gasteiger partial charge on any atom is 0.0481 e. The van der Waals surface area contributed by atoms with Crippen molar-refractivity contribution in [1.82, 2.24) is 5.32 Å². The number of aryl methyl sites for hydroxylation is 3. The number of nitrogens with one attached hydrogen (secondary N) is 1. The summed E-state index contributed by atoms with van der Waals surface area (Å²) in [5.41, 5.74) is 5.74. The highest BCUT2D eigenvalue weighted by molar-refractivity contribution is 5.42. The minimum Gasteiger partial charge on any atom is -0.304 e. The molecule has 2 atom stereocenters. The molecule has 1 N–H and O–H groups in total. The van der Waals surface area contributed by atoms with Gasteiger partial charge in [-0.15, -0.1) is 0 Å². The number of benzene rings is 1. The van der Waals surface area contributed by atoms with E-state index in [4.69, 9.17) is 0 Å². The standard InChI is InChI=1S/C12H17N/c1-7-5-8(2)11(9(3)6-7)12-10(4)13-12/h5-6,10,12-13H,1-4H3/t10-,12+/m1/s1. The van der Waals surface area contributed by atoms with Crippen LogP contribution in [0.2, 0.25) is 0 Å². The van der Waals surface area contributed by atoms with Crippen LogP contribution in [-0.4, -0.2) is 6.04 Å². The second-order valence-corrected chi connectivity index (χ2v) is 4.25. The van der Waals surface area contributed by atoms with Crippen molar-refractivity contribution in [2.45, 2.75) is 39.8 Å². The SMILES string of the molecule is Cc1cc(C)c([C@H]2N[C@@H]2C)c(C)c1. The van der Waals surface area contributed by atoms with Crippen molar-refractivity contribution in [3.8, 4) is 0 Å². The third kappa shape index (κ3) is 1.49. The third-order valence-electron chi connectivity index (χ3n) is 2.88. The van der Waals surface area contributed by atoms with Gasteiger partial charge in [0.25, 0.3) is 0 Å². The van der Waals surface area contributed by atoms with Gasteiger partial charge in [-0.1, -0.05) is 17.7 Å². The Morgan fingerprint density at radius 1 is 1.08 bits per heavy atom. The Kier molecular flexibility index (Phi) is 1.92. The summed E-state index contributed by atoms with van der Waals surface area (Å²) in [6.45, 7) is 8.82. The fourth-order valence-corrected chi connectivity index (χ4v) is 2.24. The molecule has 70 valence electrons. The van der Waals surface area contributed by atoms with E-state index in [0.29, 0.717) is 12.1 Å². The summed E-state index contributed by atoms with van der Waals surface area (Å²) in [7, 11) is 0. The van der Waals surface area contributed by atoms with Gasteiger partial charge in [0.1, 0.15) is 0 Å². The van der Waals surface area contributed by atoms with E-state index in [0.717, 1.165) is 0 Å². The molecule has 1 saturated heterocycles. The topological polar surface area (TPSA) is 21.9 Å². The molecule has 0 amide bonds. The lowest BCUT2D eigenvalue weighted by Gasteiger charge is -2.09. The summed E-state index contributed by atoms with van der Waals surface area (Å²) >= 11 is 0. The highest BCUT2D eigenvalue weighted by Gasteiger charge is 2.34. The Labute approximate surface area is 80.2 Å². The van der Waals surface area contributed by atoms with E-state index in [9.17, 15) is 0 Å². The van der Waals surface area contributed by atoms with Crippen LogP contribution in [0.25, 0.3) is 0 Å². The summed E-state index contributed by atoms with van der Waals surface area (Å²) in [4.78, 5) is 0. The Balaban J connectivity index is 2.45. The van der Waals surface area contributed by atoms with Crippen LogP contribution < -0.4 is 5.32 Å². The van der Waals surface area contributed by atoms with Gasteiger partial charge < -0.3 is 5.32 Å². The summed E-state index contributed by atoms with van der Waals surface area (Å²) in [5, 5.41) is 3.45. The summed E-state index contributed by atoms with van der Waals surface area (Å²) in [5.74, 6) is 0. The molecule has 0 aromatic heterocycles. The molecule has 1 heterocycles. The lowest BCUT2D eigenvalue weighted by atomic mass is 9.96. The zero-order valence-corrected chi connectivity index (χ0v) is 8.81. The fourth-order valence-electron chi connectivity index (χ4n) is 2.24. The molecule has 0 saturated carbocycles. The zero-order valence-electron chi connectivity index (χ0n) is 8.81. The molecule has 1 aliphatic rings. The van der Waals surface area contributed by atoms with Gasteiger partial charge in [-0.25, -0.2) is 0 Å². The Bertz CT molecular complexity index is 318. The molecule has 0 aliphatic carbocycles. The van der Waals surface area contributed by atoms with Crippen LogP contribution in [0.3, 0.4) is 0 Å². The van der Waals surface area contributed by atoms with Crippen LogP contribution in [0, 0.1) is 20.8 Å². The van der Waals surface area contributed by atoms with Crippen molar-refractivity contribution in [2.75, 3.05) is 0 Å². The van der Waals surface area contributed by atoms with Gasteiger partial charge in [-0.2, -0.15) is 0 Å². The summed E-state index contributed by atoms with van der Waals surface area (Å²) in [6, 6.07) is 5.82. The molecule has 1 nitrogen and oxygen atoms in total. The normalized spacial score (nSPS) is 26.2. The van der Waals surface area contributed by atoms with E-state index in [1.807, 2.05) is 0 Å². The molecular weight excluding hydrogens is 158 g/mol. The van der Waals surface area contributed by atoms with E-state index >= 15 is 0 Å². The predicted molar refractivity (Wildman–Crippen MR) is 56.0 cm³/mol. The van der Waals surface area contributed by atoms with Crippen LogP contribution in [0.5, 0.6) is 0 Å². The quantitative estimate of drug-likeness (QED) is 0.651. The molecule has 0 bridgehead atoms. The largest absolute Gasteiger partial charge is 0.304 e. The number of hydrogen-bond donors (Lipinski definition) is 1. The van der Waals surface area contributed by atoms with Gasteiger partial charge in [0.05, 0.1) is 0 Å². The lowest BCUT2D eigenvalue weighted by molar-refractivity contribution is 0.997. The van der Waals surface area contributed by atoms with Crippen molar-refractivity contribution in [1.29, 1.82) is 0 Å². The van der Waals surface area contributed by atoms with Crippen LogP contribution in [0.4, 0.5) is 0 Å². The third-order valence-corrected chi connectivity index (χ3v) is 2.88. The Hall–Kier alpha value is -0.820. The Morgan fingerprint density at radius 2 is 1.54 bits per heavy atom. The molecule has 1 aliphatic heterocycles. The average Bonchev–Trinajstić information content (AvgIpc) is 2.64. The minimum atomic E-state index is 0.612. The van der Waals surface area contributed by atoms with Gasteiger partial charge in [0.15, 0.2) is 0 Å². The van der Waals surface area contributed by atoms with E-state index in [2.05, 4.69) is 45.1 Å². The monoisotopic (exact) mass is 175 g/mol. The summed E-state index contributed by atoms with van der Waals surface area (Å²) < 4.78 is 0. The van der Waals surface area contributed by atoms with Crippen molar-refractivity contribution >= 4 is 0 Å². The smallest absolute Gasteiger partial charge is 0.0481 e. The van der Waals surface area contributed by atoms with Crippen LogP contribution in [0.1, 0.15) is 35.2 Å². The van der Waals surface area contributed by atoms with Gasteiger partial charge in [0, 0.05) is 12.1 Å². The molecule has 1 aromatic rings. The Morgan fingerprint density at radius 3 is 1.92 bits per heavy atom. The van der Waals surface area contributed by atoms with E-state index in [1.165, 1.54) is 22.3 Å². The molecule has 0 unspecified atom stereocenters. The maximum absolute atomic E-state index is 3.45. The zero-order chi connectivity index (χ0) is 9.59. The van der Waals surface area contributed by atoms with Gasteiger partial charge in [-0.3, -0.25) is 0 Å². The highest BCUT2D eigenvalue weighted by atomic mass is 15.1. The summed E-state index contributed by atoms with van der Waals surface area (Å²) in [6.07, 6.45) is 0. The van der Waals surface area contributed by atoms with Crippen LogP contribution in [-0.2, 0) is 0 Å². The maximum atomic E-state index is 3.45. The fraction of sp³-hybridized carbons (Fsp3) is 0.500. The van der Waals surface area contributed by atoms with Gasteiger partial charge >= 0.3 is 0 Å². The lowest BCUT2D eigenvalue weighted by Crippen LogP contribution is -1.95. The van der Waals surface area contributed by atoms with Crippen molar-refractivity contribution in [3.63, 3.8) is 0 Å². The average molecular weight is 175 g/mol. The second-order valence-electron chi connectivity index (χ2n) is 4.25. The number of hydrogen-bond acceptors (Lipinski definition) is 1. The van der Waals surface area contributed by atoms with E-state index in [1.54, 1.807) is 0 Å². The second kappa shape index (κ2) is 2.85. The van der Waals surface area contributed by atoms with Crippen molar-refractivity contribution in [3.05, 3.63) is 34.4 Å². The van der Waals surface area contributed by atoms with Crippen LogP contribution in [0.15, 0.2) is 12.1 Å². The first-order chi connectivity index (χ1) is 6.09. The molecule has 2 rings (SSSR count). The molecule has 1 fully saturated rings. The van der Waals surface area contributed by atoms with E-state index in [-0.39, 0.29) is 0 Å². The first-order valence-electron chi connectivity index (χ1n) is 4.93. The van der Waals surface area contributed by atoms with Crippen molar-refractivity contribution < 1.29 is 0 Å². The molecular formula is C12H17N. The molecule has 1 heteroatoms. The van der Waals surface area contributed by atoms with Gasteiger partial charge in [-0.05, 0) is 44.4 Å². The van der Waals surface area contributed by atoms with E-state index < -0.39 is 0 Å². The number of rotatable bonds is 1. The predicted octanol–water partition coefficient (Wildman–Crippen LogP) is 2.64. The highest BCUT2D eigenvalue weighted by Crippen LogP contribution is 2.34. The molecule has 0 radical (unpaired) electrons. The van der Waals surface area contributed by atoms with Gasteiger partial charge in [0.2, 0.25) is 0 Å². The first-order valence-corrected chi connectivity index (χ1v) is 4.93.